The summed E-state index contributed by atoms with van der Waals surface area (Å²) in [5.74, 6) is 0.821. The van der Waals surface area contributed by atoms with Gasteiger partial charge >= 0.3 is 0 Å². The van der Waals surface area contributed by atoms with E-state index < -0.39 is 5.60 Å². The van der Waals surface area contributed by atoms with Crippen LogP contribution in [0.5, 0.6) is 0 Å². The van der Waals surface area contributed by atoms with Crippen molar-refractivity contribution in [2.75, 3.05) is 0 Å². The lowest BCUT2D eigenvalue weighted by Gasteiger charge is -2.16. The van der Waals surface area contributed by atoms with Crippen LogP contribution in [0.4, 0.5) is 0 Å². The molecule has 80 valence electrons. The first-order valence-electron chi connectivity index (χ1n) is 5.32. The van der Waals surface area contributed by atoms with Gasteiger partial charge in [-0.2, -0.15) is 0 Å². The molecule has 2 fully saturated rings. The standard InChI is InChI=1S/C12H12Cl2O/c13-7-4-5-11(14)10(6-7)12(15)8-2-1-3-9(8)12/h4-6,8-9,15H,1-3H2. The molecule has 0 spiro atoms. The molecule has 2 atom stereocenters. The van der Waals surface area contributed by atoms with Crippen LogP contribution in [0.2, 0.25) is 10.0 Å². The lowest BCUT2D eigenvalue weighted by Crippen LogP contribution is -2.13. The van der Waals surface area contributed by atoms with E-state index >= 15 is 0 Å². The molecule has 1 aromatic carbocycles. The molecule has 2 unspecified atom stereocenters. The van der Waals surface area contributed by atoms with Gasteiger partial charge in [0.15, 0.2) is 0 Å². The fourth-order valence-corrected chi connectivity index (χ4v) is 3.57. The maximum Gasteiger partial charge on any atom is 0.0975 e. The Morgan fingerprint density at radius 2 is 1.87 bits per heavy atom. The second-order valence-electron chi connectivity index (χ2n) is 4.59. The van der Waals surface area contributed by atoms with E-state index in [0.29, 0.717) is 21.9 Å². The Morgan fingerprint density at radius 1 is 1.20 bits per heavy atom. The number of hydrogen-bond acceptors (Lipinski definition) is 1. The fourth-order valence-electron chi connectivity index (χ4n) is 3.13. The van der Waals surface area contributed by atoms with Gasteiger partial charge in [0.2, 0.25) is 0 Å². The first-order valence-corrected chi connectivity index (χ1v) is 6.07. The van der Waals surface area contributed by atoms with Crippen molar-refractivity contribution in [1.29, 1.82) is 0 Å². The van der Waals surface area contributed by atoms with E-state index in [1.807, 2.05) is 6.07 Å². The molecule has 1 aromatic rings. The summed E-state index contributed by atoms with van der Waals surface area (Å²) in [6.45, 7) is 0. The van der Waals surface area contributed by atoms with E-state index in [2.05, 4.69) is 0 Å². The first kappa shape index (κ1) is 9.95. The number of rotatable bonds is 1. The molecule has 15 heavy (non-hydrogen) atoms. The molecule has 0 radical (unpaired) electrons. The Bertz CT molecular complexity index is 406. The minimum Gasteiger partial charge on any atom is -0.385 e. The number of aliphatic hydroxyl groups is 1. The van der Waals surface area contributed by atoms with Crippen LogP contribution in [0.1, 0.15) is 24.8 Å². The molecule has 2 aliphatic carbocycles. The molecule has 1 nitrogen and oxygen atoms in total. The maximum absolute atomic E-state index is 10.5. The average Bonchev–Trinajstić information content (AvgIpc) is 2.67. The Hall–Kier alpha value is -0.240. The molecule has 0 amide bonds. The third-order valence-electron chi connectivity index (χ3n) is 3.90. The summed E-state index contributed by atoms with van der Waals surface area (Å²) in [6, 6.07) is 5.34. The highest BCUT2D eigenvalue weighted by atomic mass is 35.5. The highest BCUT2D eigenvalue weighted by molar-refractivity contribution is 6.33. The van der Waals surface area contributed by atoms with Crippen molar-refractivity contribution in [1.82, 2.24) is 0 Å². The van der Waals surface area contributed by atoms with Gasteiger partial charge in [0.25, 0.3) is 0 Å². The van der Waals surface area contributed by atoms with Crippen LogP contribution in [-0.2, 0) is 5.60 Å². The Kier molecular flexibility index (Phi) is 2.08. The molecule has 0 bridgehead atoms. The highest BCUT2D eigenvalue weighted by Gasteiger charge is 2.66. The average molecular weight is 243 g/mol. The van der Waals surface area contributed by atoms with Crippen molar-refractivity contribution < 1.29 is 5.11 Å². The van der Waals surface area contributed by atoms with Crippen LogP contribution in [0.3, 0.4) is 0 Å². The minimum atomic E-state index is -0.680. The highest BCUT2D eigenvalue weighted by Crippen LogP contribution is 2.67. The molecule has 0 heterocycles. The fraction of sp³-hybridized carbons (Fsp3) is 0.500. The van der Waals surface area contributed by atoms with Crippen molar-refractivity contribution in [3.8, 4) is 0 Å². The predicted molar refractivity (Wildman–Crippen MR) is 61.2 cm³/mol. The van der Waals surface area contributed by atoms with Gasteiger partial charge in [-0.15, -0.1) is 0 Å². The maximum atomic E-state index is 10.5. The van der Waals surface area contributed by atoms with Gasteiger partial charge in [-0.05, 0) is 42.9 Å². The summed E-state index contributed by atoms with van der Waals surface area (Å²) in [6.07, 6.45) is 3.46. The number of halogens is 2. The zero-order chi connectivity index (χ0) is 10.6. The monoisotopic (exact) mass is 242 g/mol. The molecule has 1 N–H and O–H groups in total. The molecule has 3 heteroatoms. The third-order valence-corrected chi connectivity index (χ3v) is 4.46. The van der Waals surface area contributed by atoms with E-state index in [4.69, 9.17) is 23.2 Å². The number of fused-ring (bicyclic) bond motifs is 1. The third kappa shape index (κ3) is 1.27. The summed E-state index contributed by atoms with van der Waals surface area (Å²) < 4.78 is 0. The quantitative estimate of drug-likeness (QED) is 0.798. The largest absolute Gasteiger partial charge is 0.385 e. The molecule has 3 rings (SSSR count). The molecular weight excluding hydrogens is 231 g/mol. The lowest BCUT2D eigenvalue weighted by atomic mass is 9.99. The van der Waals surface area contributed by atoms with E-state index in [1.165, 1.54) is 6.42 Å². The molecule has 0 aromatic heterocycles. The van der Waals surface area contributed by atoms with Crippen molar-refractivity contribution in [2.24, 2.45) is 11.8 Å². The van der Waals surface area contributed by atoms with Crippen LogP contribution >= 0.6 is 23.2 Å². The van der Waals surface area contributed by atoms with Gasteiger partial charge in [0.1, 0.15) is 0 Å². The van der Waals surface area contributed by atoms with Gasteiger partial charge in [0, 0.05) is 15.6 Å². The Morgan fingerprint density at radius 3 is 2.53 bits per heavy atom. The summed E-state index contributed by atoms with van der Waals surface area (Å²) in [7, 11) is 0. The predicted octanol–water partition coefficient (Wildman–Crippen LogP) is 3.61. The Labute approximate surface area is 99.0 Å². The van der Waals surface area contributed by atoms with Gasteiger partial charge in [-0.1, -0.05) is 29.6 Å². The summed E-state index contributed by atoms with van der Waals surface area (Å²) in [4.78, 5) is 0. The molecule has 0 aliphatic heterocycles. The minimum absolute atomic E-state index is 0.411. The van der Waals surface area contributed by atoms with Crippen molar-refractivity contribution in [3.05, 3.63) is 33.8 Å². The zero-order valence-corrected chi connectivity index (χ0v) is 9.72. The first-order chi connectivity index (χ1) is 7.14. The Balaban J connectivity index is 2.03. The topological polar surface area (TPSA) is 20.2 Å². The molecule has 0 saturated heterocycles. The summed E-state index contributed by atoms with van der Waals surface area (Å²) in [5.41, 5.74) is 0.145. The smallest absolute Gasteiger partial charge is 0.0975 e. The summed E-state index contributed by atoms with van der Waals surface area (Å²) >= 11 is 12.1. The van der Waals surface area contributed by atoms with E-state index in [-0.39, 0.29) is 0 Å². The van der Waals surface area contributed by atoms with Crippen LogP contribution in [-0.4, -0.2) is 5.11 Å². The van der Waals surface area contributed by atoms with Crippen LogP contribution < -0.4 is 0 Å². The van der Waals surface area contributed by atoms with Gasteiger partial charge in [-0.25, -0.2) is 0 Å². The number of benzene rings is 1. The number of hydrogen-bond donors (Lipinski definition) is 1. The lowest BCUT2D eigenvalue weighted by molar-refractivity contribution is 0.105. The molecule has 2 saturated carbocycles. The van der Waals surface area contributed by atoms with E-state index in [0.717, 1.165) is 18.4 Å². The van der Waals surface area contributed by atoms with Gasteiger partial charge in [0.05, 0.1) is 5.60 Å². The zero-order valence-electron chi connectivity index (χ0n) is 8.21. The second-order valence-corrected chi connectivity index (χ2v) is 5.44. The van der Waals surface area contributed by atoms with Crippen molar-refractivity contribution >= 4 is 23.2 Å². The van der Waals surface area contributed by atoms with Crippen LogP contribution in [0, 0.1) is 11.8 Å². The normalized spacial score (nSPS) is 37.8. The van der Waals surface area contributed by atoms with E-state index in [9.17, 15) is 5.11 Å². The molecule has 2 aliphatic rings. The van der Waals surface area contributed by atoms with Crippen LogP contribution in [0.15, 0.2) is 18.2 Å². The van der Waals surface area contributed by atoms with Crippen molar-refractivity contribution in [3.63, 3.8) is 0 Å². The van der Waals surface area contributed by atoms with Gasteiger partial charge < -0.3 is 5.11 Å². The summed E-state index contributed by atoms with van der Waals surface area (Å²) in [5, 5.41) is 11.8. The van der Waals surface area contributed by atoms with Gasteiger partial charge in [-0.3, -0.25) is 0 Å². The van der Waals surface area contributed by atoms with Crippen LogP contribution in [0.25, 0.3) is 0 Å². The second kappa shape index (κ2) is 3.13. The molecular formula is C12H12Cl2O. The van der Waals surface area contributed by atoms with Crippen molar-refractivity contribution in [2.45, 2.75) is 24.9 Å². The SMILES string of the molecule is OC1(c2cc(Cl)ccc2Cl)C2CCCC21. The van der Waals surface area contributed by atoms with E-state index in [1.54, 1.807) is 12.1 Å².